The van der Waals surface area contributed by atoms with Crippen molar-refractivity contribution in [2.75, 3.05) is 26.4 Å². The number of ether oxygens (including phenoxy) is 3. The topological polar surface area (TPSA) is 27.7 Å². The number of rotatable bonds is 6. The van der Waals surface area contributed by atoms with Gasteiger partial charge in [0.25, 0.3) is 0 Å². The number of hydrogen-bond acceptors (Lipinski definition) is 3. The average Bonchev–Trinajstić information content (AvgIpc) is 2.15. The van der Waals surface area contributed by atoms with Gasteiger partial charge < -0.3 is 14.2 Å². The van der Waals surface area contributed by atoms with E-state index in [0.717, 1.165) is 26.4 Å². The second kappa shape index (κ2) is 5.28. The van der Waals surface area contributed by atoms with Crippen LogP contribution >= 0.6 is 0 Å². The smallest absolute Gasteiger partial charge is 0.0858 e. The summed E-state index contributed by atoms with van der Waals surface area (Å²) >= 11 is 0. The van der Waals surface area contributed by atoms with Gasteiger partial charge in [-0.15, -0.1) is 0 Å². The first-order valence-corrected chi connectivity index (χ1v) is 6.16. The molecule has 3 nitrogen and oxygen atoms in total. The maximum atomic E-state index is 5.66. The van der Waals surface area contributed by atoms with Crippen molar-refractivity contribution in [1.29, 1.82) is 0 Å². The second-order valence-corrected chi connectivity index (χ2v) is 4.62. The summed E-state index contributed by atoms with van der Waals surface area (Å²) < 4.78 is 16.6. The minimum atomic E-state index is 0.343. The molecule has 2 aliphatic heterocycles. The zero-order valence-corrected chi connectivity index (χ0v) is 9.78. The molecular weight excluding hydrogens is 192 g/mol. The molecule has 0 saturated carbocycles. The summed E-state index contributed by atoms with van der Waals surface area (Å²) in [6, 6.07) is 0. The highest BCUT2D eigenvalue weighted by Crippen LogP contribution is 2.26. The van der Waals surface area contributed by atoms with Crippen LogP contribution < -0.4 is 0 Å². The fourth-order valence-electron chi connectivity index (χ4n) is 2.17. The molecular formula is C12H22O3. The van der Waals surface area contributed by atoms with Crippen molar-refractivity contribution < 1.29 is 14.2 Å². The average molecular weight is 214 g/mol. The Labute approximate surface area is 92.1 Å². The molecule has 0 aromatic rings. The standard InChI is InChI=1S/C12H22O3/c1-3-9-5-14-11(9)7-13-8-12-10(4-2)6-15-12/h9-12H,3-8H2,1-2H3. The van der Waals surface area contributed by atoms with Crippen LogP contribution in [0.15, 0.2) is 0 Å². The molecule has 3 heteroatoms. The van der Waals surface area contributed by atoms with E-state index in [0.29, 0.717) is 24.0 Å². The van der Waals surface area contributed by atoms with Gasteiger partial charge in [-0.25, -0.2) is 0 Å². The van der Waals surface area contributed by atoms with E-state index < -0.39 is 0 Å². The molecule has 0 N–H and O–H groups in total. The monoisotopic (exact) mass is 214 g/mol. The fourth-order valence-corrected chi connectivity index (χ4v) is 2.17. The third-order valence-corrected chi connectivity index (χ3v) is 3.71. The fraction of sp³-hybridized carbons (Fsp3) is 1.00. The van der Waals surface area contributed by atoms with Gasteiger partial charge in [-0.05, 0) is 12.8 Å². The lowest BCUT2D eigenvalue weighted by Crippen LogP contribution is -2.46. The van der Waals surface area contributed by atoms with Gasteiger partial charge in [0.15, 0.2) is 0 Å². The van der Waals surface area contributed by atoms with Crippen LogP contribution in [0.4, 0.5) is 0 Å². The van der Waals surface area contributed by atoms with E-state index in [1.165, 1.54) is 12.8 Å². The van der Waals surface area contributed by atoms with Gasteiger partial charge in [0, 0.05) is 11.8 Å². The van der Waals surface area contributed by atoms with Gasteiger partial charge in [0.05, 0.1) is 38.6 Å². The molecule has 0 aromatic heterocycles. The van der Waals surface area contributed by atoms with E-state index >= 15 is 0 Å². The van der Waals surface area contributed by atoms with Crippen LogP contribution in [0.25, 0.3) is 0 Å². The molecule has 2 rings (SSSR count). The van der Waals surface area contributed by atoms with Crippen LogP contribution in [-0.2, 0) is 14.2 Å². The predicted molar refractivity (Wildman–Crippen MR) is 57.9 cm³/mol. The quantitative estimate of drug-likeness (QED) is 0.675. The molecule has 2 fully saturated rings. The first-order valence-electron chi connectivity index (χ1n) is 6.16. The molecule has 2 aliphatic rings. The summed E-state index contributed by atoms with van der Waals surface area (Å²) in [5.74, 6) is 1.43. The highest BCUT2D eigenvalue weighted by atomic mass is 16.6. The third kappa shape index (κ3) is 2.52. The molecule has 0 amide bonds. The van der Waals surface area contributed by atoms with E-state index in [4.69, 9.17) is 14.2 Å². The lowest BCUT2D eigenvalue weighted by molar-refractivity contribution is -0.180. The normalized spacial score (nSPS) is 39.6. The van der Waals surface area contributed by atoms with Crippen molar-refractivity contribution >= 4 is 0 Å². The van der Waals surface area contributed by atoms with Crippen LogP contribution in [0, 0.1) is 11.8 Å². The van der Waals surface area contributed by atoms with E-state index in [-0.39, 0.29) is 0 Å². The Balaban J connectivity index is 1.55. The van der Waals surface area contributed by atoms with Crippen LogP contribution in [0.1, 0.15) is 26.7 Å². The summed E-state index contributed by atoms with van der Waals surface area (Å²) in [4.78, 5) is 0. The Bertz CT molecular complexity index is 171. The zero-order chi connectivity index (χ0) is 10.7. The summed E-state index contributed by atoms with van der Waals surface area (Å²) in [5, 5.41) is 0. The van der Waals surface area contributed by atoms with Crippen molar-refractivity contribution in [3.8, 4) is 0 Å². The lowest BCUT2D eigenvalue weighted by Gasteiger charge is -2.38. The molecule has 2 saturated heterocycles. The Morgan fingerprint density at radius 1 is 0.933 bits per heavy atom. The first-order chi connectivity index (χ1) is 7.35. The second-order valence-electron chi connectivity index (χ2n) is 4.62. The van der Waals surface area contributed by atoms with Crippen molar-refractivity contribution in [2.24, 2.45) is 11.8 Å². The zero-order valence-electron chi connectivity index (χ0n) is 9.78. The maximum Gasteiger partial charge on any atom is 0.0858 e. The van der Waals surface area contributed by atoms with Crippen LogP contribution in [-0.4, -0.2) is 38.6 Å². The van der Waals surface area contributed by atoms with Gasteiger partial charge in [-0.1, -0.05) is 13.8 Å². The van der Waals surface area contributed by atoms with Crippen LogP contribution in [0.5, 0.6) is 0 Å². The minimum Gasteiger partial charge on any atom is -0.376 e. The van der Waals surface area contributed by atoms with E-state index in [2.05, 4.69) is 13.8 Å². The molecule has 0 aromatic carbocycles. The molecule has 15 heavy (non-hydrogen) atoms. The largest absolute Gasteiger partial charge is 0.376 e. The van der Waals surface area contributed by atoms with E-state index in [1.54, 1.807) is 0 Å². The molecule has 0 aliphatic carbocycles. The van der Waals surface area contributed by atoms with Gasteiger partial charge in [-0.2, -0.15) is 0 Å². The maximum absolute atomic E-state index is 5.66. The Hall–Kier alpha value is -0.120. The summed E-state index contributed by atoms with van der Waals surface area (Å²) in [6.45, 7) is 7.75. The summed E-state index contributed by atoms with van der Waals surface area (Å²) in [7, 11) is 0. The van der Waals surface area contributed by atoms with Crippen molar-refractivity contribution in [3.05, 3.63) is 0 Å². The summed E-state index contributed by atoms with van der Waals surface area (Å²) in [5.41, 5.74) is 0. The predicted octanol–water partition coefficient (Wildman–Crippen LogP) is 1.85. The highest BCUT2D eigenvalue weighted by Gasteiger charge is 2.33. The van der Waals surface area contributed by atoms with Crippen molar-refractivity contribution in [2.45, 2.75) is 38.9 Å². The highest BCUT2D eigenvalue weighted by molar-refractivity contribution is 4.79. The van der Waals surface area contributed by atoms with E-state index in [1.807, 2.05) is 0 Å². The SMILES string of the molecule is CCC1COC1COCC1OCC1CC. The first kappa shape index (κ1) is 11.4. The molecule has 0 spiro atoms. The molecule has 88 valence electrons. The Morgan fingerprint density at radius 3 is 1.67 bits per heavy atom. The van der Waals surface area contributed by atoms with Crippen molar-refractivity contribution in [1.82, 2.24) is 0 Å². The van der Waals surface area contributed by atoms with Crippen LogP contribution in [0.2, 0.25) is 0 Å². The van der Waals surface area contributed by atoms with E-state index in [9.17, 15) is 0 Å². The Morgan fingerprint density at radius 2 is 1.40 bits per heavy atom. The van der Waals surface area contributed by atoms with Gasteiger partial charge in [0.2, 0.25) is 0 Å². The minimum absolute atomic E-state index is 0.343. The molecule has 0 radical (unpaired) electrons. The third-order valence-electron chi connectivity index (χ3n) is 3.71. The van der Waals surface area contributed by atoms with Crippen molar-refractivity contribution in [3.63, 3.8) is 0 Å². The molecule has 0 bridgehead atoms. The van der Waals surface area contributed by atoms with Crippen LogP contribution in [0.3, 0.4) is 0 Å². The molecule has 2 heterocycles. The lowest BCUT2D eigenvalue weighted by atomic mass is 9.95. The summed E-state index contributed by atoms with van der Waals surface area (Å²) in [6.07, 6.45) is 3.09. The number of hydrogen-bond donors (Lipinski definition) is 0. The Kier molecular flexibility index (Phi) is 4.00. The molecule has 4 atom stereocenters. The van der Waals surface area contributed by atoms with Gasteiger partial charge in [-0.3, -0.25) is 0 Å². The molecule has 4 unspecified atom stereocenters. The van der Waals surface area contributed by atoms with Gasteiger partial charge >= 0.3 is 0 Å². The van der Waals surface area contributed by atoms with Gasteiger partial charge in [0.1, 0.15) is 0 Å².